The summed E-state index contributed by atoms with van der Waals surface area (Å²) >= 11 is 0. The lowest BCUT2D eigenvalue weighted by molar-refractivity contribution is -0.147. The maximum atomic E-state index is 13.8. The van der Waals surface area contributed by atoms with Crippen molar-refractivity contribution in [2.24, 2.45) is 0 Å². The molecule has 0 saturated carbocycles. The normalized spacial score (nSPS) is 19.0. The van der Waals surface area contributed by atoms with E-state index in [1.165, 1.54) is 12.1 Å². The lowest BCUT2D eigenvalue weighted by atomic mass is 9.82. The SMILES string of the molecule is COCC(C)(C)c1c(C2CO[C@H](C(=O)O)C2)c2nc3[nH]ncc3cc2n1-c1ccc(F)cc1. The molecule has 0 spiro atoms. The zero-order valence-electron chi connectivity index (χ0n) is 18.6. The molecule has 9 heteroatoms. The Bertz CT molecular complexity index is 1340. The number of benzene rings is 1. The number of ether oxygens (including phenoxy) is 2. The van der Waals surface area contributed by atoms with E-state index < -0.39 is 17.5 Å². The minimum Gasteiger partial charge on any atom is -0.479 e. The summed E-state index contributed by atoms with van der Waals surface area (Å²) in [7, 11) is 1.65. The molecule has 1 aliphatic rings. The topological polar surface area (TPSA) is 102 Å². The number of hydrogen-bond donors (Lipinski definition) is 2. The molecule has 4 heterocycles. The molecule has 5 rings (SSSR count). The molecule has 1 aliphatic heterocycles. The standard InChI is InChI=1S/C24H25FN4O4/c1-24(2,12-32-3)21-19(14-9-18(23(30)31)33-11-14)20-17(8-13-10-26-28-22(13)27-20)29(21)16-6-4-15(25)5-7-16/h4-8,10,14,18H,9,11-12H2,1-3H3,(H,30,31)(H,26,27,28)/t14?,18-/m0/s1. The maximum absolute atomic E-state index is 13.8. The summed E-state index contributed by atoms with van der Waals surface area (Å²) in [6.45, 7) is 4.85. The number of carbonyl (C=O) groups is 1. The highest BCUT2D eigenvalue weighted by Crippen LogP contribution is 2.44. The fourth-order valence-corrected chi connectivity index (χ4v) is 4.93. The van der Waals surface area contributed by atoms with Crippen LogP contribution in [0.5, 0.6) is 0 Å². The quantitative estimate of drug-likeness (QED) is 0.460. The Morgan fingerprint density at radius 2 is 2.12 bits per heavy atom. The summed E-state index contributed by atoms with van der Waals surface area (Å²) in [6, 6.07) is 8.32. The van der Waals surface area contributed by atoms with Crippen LogP contribution < -0.4 is 0 Å². The van der Waals surface area contributed by atoms with Crippen molar-refractivity contribution in [2.45, 2.75) is 37.7 Å². The molecule has 1 saturated heterocycles. The first-order chi connectivity index (χ1) is 15.8. The molecule has 2 atom stereocenters. The summed E-state index contributed by atoms with van der Waals surface area (Å²) in [5.74, 6) is -1.47. The van der Waals surface area contributed by atoms with Gasteiger partial charge in [-0.15, -0.1) is 0 Å². The Kier molecular flexibility index (Phi) is 5.18. The van der Waals surface area contributed by atoms with Crippen LogP contribution in [0.3, 0.4) is 0 Å². The second-order valence-corrected chi connectivity index (χ2v) is 9.15. The Labute approximate surface area is 189 Å². The van der Waals surface area contributed by atoms with E-state index in [9.17, 15) is 14.3 Å². The Morgan fingerprint density at radius 1 is 1.36 bits per heavy atom. The van der Waals surface area contributed by atoms with Crippen LogP contribution >= 0.6 is 0 Å². The van der Waals surface area contributed by atoms with Gasteiger partial charge >= 0.3 is 5.97 Å². The molecular formula is C24H25FN4O4. The number of hydrogen-bond acceptors (Lipinski definition) is 5. The first-order valence-electron chi connectivity index (χ1n) is 10.8. The highest BCUT2D eigenvalue weighted by molar-refractivity contribution is 5.94. The molecule has 4 aromatic rings. The minimum atomic E-state index is -0.971. The Balaban J connectivity index is 1.86. The third-order valence-electron chi connectivity index (χ3n) is 6.29. The second kappa shape index (κ2) is 7.93. The van der Waals surface area contributed by atoms with Gasteiger partial charge in [-0.25, -0.2) is 14.2 Å². The van der Waals surface area contributed by atoms with Crippen molar-refractivity contribution in [3.8, 4) is 5.69 Å². The van der Waals surface area contributed by atoms with E-state index in [2.05, 4.69) is 28.6 Å². The molecule has 2 N–H and O–H groups in total. The van der Waals surface area contributed by atoms with Crippen LogP contribution in [0.2, 0.25) is 0 Å². The summed E-state index contributed by atoms with van der Waals surface area (Å²) < 4.78 is 27.1. The second-order valence-electron chi connectivity index (χ2n) is 9.15. The van der Waals surface area contributed by atoms with Gasteiger partial charge < -0.3 is 19.1 Å². The summed E-state index contributed by atoms with van der Waals surface area (Å²) in [4.78, 5) is 16.5. The van der Waals surface area contributed by atoms with Crippen LogP contribution in [-0.4, -0.2) is 57.3 Å². The number of aromatic amines is 1. The average Bonchev–Trinajstić information content (AvgIpc) is 3.49. The van der Waals surface area contributed by atoms with Gasteiger partial charge in [0.2, 0.25) is 0 Å². The van der Waals surface area contributed by atoms with E-state index in [-0.39, 0.29) is 18.3 Å². The number of halogens is 1. The first-order valence-corrected chi connectivity index (χ1v) is 10.8. The van der Waals surface area contributed by atoms with Crippen molar-refractivity contribution in [1.82, 2.24) is 19.7 Å². The van der Waals surface area contributed by atoms with Gasteiger partial charge in [0.25, 0.3) is 0 Å². The maximum Gasteiger partial charge on any atom is 0.332 e. The molecule has 0 amide bonds. The number of aromatic nitrogens is 4. The number of aliphatic carboxylic acids is 1. The summed E-state index contributed by atoms with van der Waals surface area (Å²) in [5, 5.41) is 17.4. The van der Waals surface area contributed by atoms with Gasteiger partial charge in [-0.3, -0.25) is 5.10 Å². The fourth-order valence-electron chi connectivity index (χ4n) is 4.93. The molecule has 8 nitrogen and oxygen atoms in total. The number of H-pyrrole nitrogens is 1. The number of nitrogens with zero attached hydrogens (tertiary/aromatic N) is 3. The van der Waals surface area contributed by atoms with Gasteiger partial charge in [-0.2, -0.15) is 5.10 Å². The van der Waals surface area contributed by atoms with Crippen molar-refractivity contribution in [2.75, 3.05) is 20.3 Å². The molecule has 0 aliphatic carbocycles. The number of rotatable bonds is 6. The zero-order chi connectivity index (χ0) is 23.3. The highest BCUT2D eigenvalue weighted by atomic mass is 19.1. The van der Waals surface area contributed by atoms with Gasteiger partial charge in [-0.1, -0.05) is 13.8 Å². The summed E-state index contributed by atoms with van der Waals surface area (Å²) in [5.41, 5.74) is 4.41. The largest absolute Gasteiger partial charge is 0.479 e. The molecular weight excluding hydrogens is 427 g/mol. The zero-order valence-corrected chi connectivity index (χ0v) is 18.6. The molecule has 33 heavy (non-hydrogen) atoms. The lowest BCUT2D eigenvalue weighted by Gasteiger charge is -2.29. The van der Waals surface area contributed by atoms with Crippen molar-refractivity contribution in [1.29, 1.82) is 0 Å². The number of fused-ring (bicyclic) bond motifs is 2. The van der Waals surface area contributed by atoms with E-state index >= 15 is 0 Å². The predicted molar refractivity (Wildman–Crippen MR) is 120 cm³/mol. The fraction of sp³-hybridized carbons (Fsp3) is 0.375. The lowest BCUT2D eigenvalue weighted by Crippen LogP contribution is -2.29. The number of carboxylic acid groups (broad SMARTS) is 1. The number of methoxy groups -OCH3 is 1. The average molecular weight is 452 g/mol. The molecule has 1 fully saturated rings. The highest BCUT2D eigenvalue weighted by Gasteiger charge is 2.40. The smallest absolute Gasteiger partial charge is 0.332 e. The van der Waals surface area contributed by atoms with Crippen molar-refractivity contribution >= 4 is 28.0 Å². The van der Waals surface area contributed by atoms with Gasteiger partial charge in [0.15, 0.2) is 11.8 Å². The first kappa shape index (κ1) is 21.5. The van der Waals surface area contributed by atoms with Crippen LogP contribution in [0.1, 0.15) is 37.4 Å². The minimum absolute atomic E-state index is 0.172. The van der Waals surface area contributed by atoms with Gasteiger partial charge in [-0.05, 0) is 36.8 Å². The molecule has 3 aromatic heterocycles. The Hall–Kier alpha value is -3.30. The molecule has 0 radical (unpaired) electrons. The van der Waals surface area contributed by atoms with Crippen LogP contribution in [0.4, 0.5) is 4.39 Å². The van der Waals surface area contributed by atoms with Crippen LogP contribution in [-0.2, 0) is 19.7 Å². The number of pyridine rings is 1. The number of carboxylic acids is 1. The van der Waals surface area contributed by atoms with Crippen LogP contribution in [0, 0.1) is 5.82 Å². The summed E-state index contributed by atoms with van der Waals surface area (Å²) in [6.07, 6.45) is 1.19. The predicted octanol–water partition coefficient (Wildman–Crippen LogP) is 3.92. The monoisotopic (exact) mass is 452 g/mol. The Morgan fingerprint density at radius 3 is 2.79 bits per heavy atom. The van der Waals surface area contributed by atoms with Gasteiger partial charge in [0.05, 0.1) is 30.4 Å². The molecule has 1 unspecified atom stereocenters. The van der Waals surface area contributed by atoms with E-state index in [0.717, 1.165) is 33.4 Å². The van der Waals surface area contributed by atoms with Crippen molar-refractivity contribution in [3.63, 3.8) is 0 Å². The van der Waals surface area contributed by atoms with Crippen LogP contribution in [0.15, 0.2) is 36.5 Å². The third kappa shape index (κ3) is 3.57. The van der Waals surface area contributed by atoms with E-state index in [1.54, 1.807) is 25.4 Å². The van der Waals surface area contributed by atoms with E-state index in [0.29, 0.717) is 18.7 Å². The van der Waals surface area contributed by atoms with Gasteiger partial charge in [0, 0.05) is 40.8 Å². The van der Waals surface area contributed by atoms with Crippen molar-refractivity contribution < 1.29 is 23.8 Å². The van der Waals surface area contributed by atoms with E-state index in [4.69, 9.17) is 14.5 Å². The molecule has 0 bridgehead atoms. The molecule has 1 aromatic carbocycles. The van der Waals surface area contributed by atoms with Gasteiger partial charge in [0.1, 0.15) is 5.82 Å². The van der Waals surface area contributed by atoms with Crippen LogP contribution in [0.25, 0.3) is 27.8 Å². The third-order valence-corrected chi connectivity index (χ3v) is 6.29. The van der Waals surface area contributed by atoms with E-state index in [1.807, 2.05) is 6.07 Å². The number of nitrogens with one attached hydrogen (secondary N) is 1. The molecule has 172 valence electrons. The van der Waals surface area contributed by atoms with Crippen molar-refractivity contribution in [3.05, 3.63) is 53.6 Å².